The van der Waals surface area contributed by atoms with Crippen molar-refractivity contribution in [2.75, 3.05) is 6.61 Å². The van der Waals surface area contributed by atoms with E-state index in [1.807, 2.05) is 28.8 Å². The Hall–Kier alpha value is -2.40. The molecule has 3 rings (SSSR count). The van der Waals surface area contributed by atoms with E-state index in [9.17, 15) is 9.50 Å². The molecule has 0 saturated heterocycles. The molecule has 0 radical (unpaired) electrons. The summed E-state index contributed by atoms with van der Waals surface area (Å²) in [5, 5.41) is 9.40. The largest absolute Gasteiger partial charge is 0.492 e. The predicted octanol–water partition coefficient (Wildman–Crippen LogP) is 2.75. The zero-order valence-corrected chi connectivity index (χ0v) is 11.4. The molecule has 1 aromatic heterocycles. The van der Waals surface area contributed by atoms with Crippen molar-refractivity contribution in [3.05, 3.63) is 60.2 Å². The van der Waals surface area contributed by atoms with Crippen LogP contribution in [0.2, 0.25) is 0 Å². The van der Waals surface area contributed by atoms with Gasteiger partial charge in [0.05, 0.1) is 17.6 Å². The molecule has 0 unspecified atom stereocenters. The number of benzene rings is 2. The van der Waals surface area contributed by atoms with Gasteiger partial charge in [-0.15, -0.1) is 0 Å². The first-order valence-corrected chi connectivity index (χ1v) is 6.71. The van der Waals surface area contributed by atoms with Crippen molar-refractivity contribution in [3.8, 4) is 5.75 Å². The first-order chi connectivity index (χ1) is 10.3. The van der Waals surface area contributed by atoms with E-state index in [1.54, 1.807) is 12.1 Å². The van der Waals surface area contributed by atoms with E-state index in [2.05, 4.69) is 4.98 Å². The fourth-order valence-electron chi connectivity index (χ4n) is 2.31. The maximum absolute atomic E-state index is 13.1. The Morgan fingerprint density at radius 3 is 2.81 bits per heavy atom. The molecule has 0 aliphatic heterocycles. The topological polar surface area (TPSA) is 47.3 Å². The average Bonchev–Trinajstić information content (AvgIpc) is 2.86. The molecule has 4 nitrogen and oxygen atoms in total. The van der Waals surface area contributed by atoms with E-state index in [0.717, 1.165) is 11.0 Å². The lowest BCUT2D eigenvalue weighted by molar-refractivity contribution is 0.255. The van der Waals surface area contributed by atoms with Gasteiger partial charge in [-0.3, -0.25) is 0 Å². The molecule has 0 amide bonds. The second kappa shape index (κ2) is 5.93. The van der Waals surface area contributed by atoms with Gasteiger partial charge >= 0.3 is 0 Å². The molecule has 0 spiro atoms. The highest BCUT2D eigenvalue weighted by Crippen LogP contribution is 2.17. The molecule has 0 atom stereocenters. The maximum Gasteiger partial charge on any atom is 0.135 e. The standard InChI is InChI=1S/C16H15FN2O2/c17-12-4-3-5-13(10-12)21-9-8-19-15-7-2-1-6-14(15)18-16(19)11-20/h1-7,10,20H,8-9,11H2. The summed E-state index contributed by atoms with van der Waals surface area (Å²) in [5.74, 6) is 0.764. The minimum absolute atomic E-state index is 0.130. The molecule has 0 saturated carbocycles. The number of para-hydroxylation sites is 2. The Morgan fingerprint density at radius 1 is 1.14 bits per heavy atom. The van der Waals surface area contributed by atoms with Gasteiger partial charge in [0, 0.05) is 6.07 Å². The van der Waals surface area contributed by atoms with Crippen LogP contribution in [0, 0.1) is 5.82 Å². The fraction of sp³-hybridized carbons (Fsp3) is 0.188. The van der Waals surface area contributed by atoms with Gasteiger partial charge in [0.25, 0.3) is 0 Å². The summed E-state index contributed by atoms with van der Waals surface area (Å²) in [6.07, 6.45) is 0. The second-order valence-electron chi connectivity index (χ2n) is 4.63. The monoisotopic (exact) mass is 286 g/mol. The number of rotatable bonds is 5. The van der Waals surface area contributed by atoms with Gasteiger partial charge in [-0.05, 0) is 24.3 Å². The SMILES string of the molecule is OCc1nc2ccccc2n1CCOc1cccc(F)c1. The Labute approximate surface area is 121 Å². The zero-order valence-electron chi connectivity index (χ0n) is 11.4. The van der Waals surface area contributed by atoms with Crippen LogP contribution in [0.3, 0.4) is 0 Å². The van der Waals surface area contributed by atoms with Gasteiger partial charge in [-0.1, -0.05) is 18.2 Å². The number of hydrogen-bond acceptors (Lipinski definition) is 3. The van der Waals surface area contributed by atoms with Crippen LogP contribution >= 0.6 is 0 Å². The van der Waals surface area contributed by atoms with Crippen LogP contribution in [-0.2, 0) is 13.2 Å². The van der Waals surface area contributed by atoms with E-state index in [0.29, 0.717) is 24.7 Å². The van der Waals surface area contributed by atoms with Crippen LogP contribution in [0.1, 0.15) is 5.82 Å². The Kier molecular flexibility index (Phi) is 3.83. The number of nitrogens with zero attached hydrogens (tertiary/aromatic N) is 2. The van der Waals surface area contributed by atoms with Crippen LogP contribution < -0.4 is 4.74 Å². The molecule has 5 heteroatoms. The van der Waals surface area contributed by atoms with Gasteiger partial charge < -0.3 is 14.4 Å². The van der Waals surface area contributed by atoms with E-state index in [-0.39, 0.29) is 12.4 Å². The van der Waals surface area contributed by atoms with E-state index < -0.39 is 0 Å². The number of aliphatic hydroxyl groups excluding tert-OH is 1. The van der Waals surface area contributed by atoms with Gasteiger partial charge in [0.15, 0.2) is 0 Å². The number of imidazole rings is 1. The highest BCUT2D eigenvalue weighted by Gasteiger charge is 2.09. The summed E-state index contributed by atoms with van der Waals surface area (Å²) in [7, 11) is 0. The van der Waals surface area contributed by atoms with E-state index in [4.69, 9.17) is 4.74 Å². The third-order valence-electron chi connectivity index (χ3n) is 3.25. The summed E-state index contributed by atoms with van der Waals surface area (Å²) < 4.78 is 20.5. The number of aliphatic hydroxyl groups is 1. The first-order valence-electron chi connectivity index (χ1n) is 6.71. The number of fused-ring (bicyclic) bond motifs is 1. The molecule has 0 aliphatic carbocycles. The smallest absolute Gasteiger partial charge is 0.135 e. The molecule has 0 fully saturated rings. The highest BCUT2D eigenvalue weighted by molar-refractivity contribution is 5.75. The lowest BCUT2D eigenvalue weighted by Gasteiger charge is -2.09. The Bertz CT molecular complexity index is 755. The summed E-state index contributed by atoms with van der Waals surface area (Å²) >= 11 is 0. The van der Waals surface area contributed by atoms with Crippen molar-refractivity contribution in [3.63, 3.8) is 0 Å². The third kappa shape index (κ3) is 2.87. The lowest BCUT2D eigenvalue weighted by atomic mass is 10.3. The number of aromatic nitrogens is 2. The van der Waals surface area contributed by atoms with Crippen molar-refractivity contribution >= 4 is 11.0 Å². The third-order valence-corrected chi connectivity index (χ3v) is 3.25. The molecular formula is C16H15FN2O2. The number of hydrogen-bond donors (Lipinski definition) is 1. The minimum atomic E-state index is -0.323. The summed E-state index contributed by atoms with van der Waals surface area (Å²) in [6.45, 7) is 0.776. The van der Waals surface area contributed by atoms with Crippen molar-refractivity contribution in [2.24, 2.45) is 0 Å². The van der Waals surface area contributed by atoms with Crippen LogP contribution in [0.15, 0.2) is 48.5 Å². The molecule has 0 bridgehead atoms. The average molecular weight is 286 g/mol. The van der Waals surface area contributed by atoms with Gasteiger partial charge in [0.1, 0.15) is 30.6 Å². The van der Waals surface area contributed by atoms with Crippen LogP contribution in [0.4, 0.5) is 4.39 Å². The minimum Gasteiger partial charge on any atom is -0.492 e. The van der Waals surface area contributed by atoms with Gasteiger partial charge in [0.2, 0.25) is 0 Å². The summed E-state index contributed by atoms with van der Waals surface area (Å²) in [4.78, 5) is 4.37. The second-order valence-corrected chi connectivity index (χ2v) is 4.63. The van der Waals surface area contributed by atoms with Crippen LogP contribution in [0.5, 0.6) is 5.75 Å². The zero-order chi connectivity index (χ0) is 14.7. The molecule has 1 heterocycles. The Morgan fingerprint density at radius 2 is 2.00 bits per heavy atom. The normalized spacial score (nSPS) is 11.0. The summed E-state index contributed by atoms with van der Waals surface area (Å²) in [5.41, 5.74) is 1.79. The van der Waals surface area contributed by atoms with Gasteiger partial charge in [-0.2, -0.15) is 0 Å². The molecule has 2 aromatic carbocycles. The molecular weight excluding hydrogens is 271 g/mol. The number of halogens is 1. The molecule has 0 aliphatic rings. The van der Waals surface area contributed by atoms with Crippen molar-refractivity contribution < 1.29 is 14.2 Å². The lowest BCUT2D eigenvalue weighted by Crippen LogP contribution is -2.11. The first kappa shape index (κ1) is 13.6. The molecule has 21 heavy (non-hydrogen) atoms. The van der Waals surface area contributed by atoms with Crippen molar-refractivity contribution in [2.45, 2.75) is 13.2 Å². The highest BCUT2D eigenvalue weighted by atomic mass is 19.1. The van der Waals surface area contributed by atoms with Crippen molar-refractivity contribution in [1.82, 2.24) is 9.55 Å². The van der Waals surface area contributed by atoms with E-state index in [1.165, 1.54) is 12.1 Å². The molecule has 3 aromatic rings. The Balaban J connectivity index is 1.75. The molecule has 108 valence electrons. The quantitative estimate of drug-likeness (QED) is 0.784. The van der Waals surface area contributed by atoms with Crippen LogP contribution in [-0.4, -0.2) is 21.3 Å². The summed E-state index contributed by atoms with van der Waals surface area (Å²) in [6, 6.07) is 13.7. The van der Waals surface area contributed by atoms with Crippen LogP contribution in [0.25, 0.3) is 11.0 Å². The van der Waals surface area contributed by atoms with Crippen molar-refractivity contribution in [1.29, 1.82) is 0 Å². The predicted molar refractivity (Wildman–Crippen MR) is 77.6 cm³/mol. The maximum atomic E-state index is 13.1. The van der Waals surface area contributed by atoms with E-state index >= 15 is 0 Å². The molecule has 1 N–H and O–H groups in total. The fourth-order valence-corrected chi connectivity index (χ4v) is 2.31. The number of ether oxygens (including phenoxy) is 1. The van der Waals surface area contributed by atoms with Gasteiger partial charge in [-0.25, -0.2) is 9.37 Å².